The number of aryl methyl sites for hydroxylation is 1. The minimum absolute atomic E-state index is 0.732. The number of rotatable bonds is 4. The average Bonchev–Trinajstić information content (AvgIpc) is 3.06. The number of methoxy groups -OCH3 is 1. The summed E-state index contributed by atoms with van der Waals surface area (Å²) in [5.41, 5.74) is 5.84. The maximum absolute atomic E-state index is 5.29. The smallest absolute Gasteiger partial charge is 0.164 e. The number of hydrogen-bond acceptors (Lipinski definition) is 4. The lowest BCUT2D eigenvalue weighted by Gasteiger charge is -2.08. The fourth-order valence-corrected chi connectivity index (χ4v) is 3.00. The summed E-state index contributed by atoms with van der Waals surface area (Å²) in [6.45, 7) is 2.78. The lowest BCUT2D eigenvalue weighted by Crippen LogP contribution is -2.00. The summed E-state index contributed by atoms with van der Waals surface area (Å²) in [7, 11) is 1.67. The zero-order chi connectivity index (χ0) is 17.2. The number of fused-ring (bicyclic) bond motifs is 1. The molecule has 0 radical (unpaired) electrons. The molecule has 0 atom stereocenters. The van der Waals surface area contributed by atoms with E-state index in [-0.39, 0.29) is 0 Å². The summed E-state index contributed by atoms with van der Waals surface area (Å²) in [6.07, 6.45) is 3.43. The van der Waals surface area contributed by atoms with Crippen molar-refractivity contribution in [2.75, 3.05) is 7.11 Å². The molecule has 0 saturated carbocycles. The van der Waals surface area contributed by atoms with Crippen molar-refractivity contribution >= 4 is 11.2 Å². The van der Waals surface area contributed by atoms with E-state index in [9.17, 15) is 0 Å². The predicted molar refractivity (Wildman–Crippen MR) is 97.6 cm³/mol. The Morgan fingerprint density at radius 2 is 1.84 bits per heavy atom. The summed E-state index contributed by atoms with van der Waals surface area (Å²) in [5.74, 6) is 0.834. The molecule has 5 nitrogen and oxygen atoms in total. The van der Waals surface area contributed by atoms with Gasteiger partial charge in [0.05, 0.1) is 20.0 Å². The molecule has 0 N–H and O–H groups in total. The molecule has 4 aromatic rings. The van der Waals surface area contributed by atoms with Crippen LogP contribution in [-0.2, 0) is 6.54 Å². The normalized spacial score (nSPS) is 11.0. The zero-order valence-electron chi connectivity index (χ0n) is 14.2. The first-order chi connectivity index (χ1) is 12.3. The molecule has 0 amide bonds. The molecule has 5 heteroatoms. The van der Waals surface area contributed by atoms with Crippen LogP contribution in [-0.4, -0.2) is 26.6 Å². The van der Waals surface area contributed by atoms with Crippen LogP contribution in [0.15, 0.2) is 61.2 Å². The first kappa shape index (κ1) is 15.3. The van der Waals surface area contributed by atoms with Crippen LogP contribution in [0, 0.1) is 6.92 Å². The Labute approximate surface area is 146 Å². The van der Waals surface area contributed by atoms with E-state index in [0.717, 1.165) is 40.3 Å². The van der Waals surface area contributed by atoms with Crippen LogP contribution in [0.2, 0.25) is 0 Å². The first-order valence-electron chi connectivity index (χ1n) is 8.11. The van der Waals surface area contributed by atoms with E-state index in [1.54, 1.807) is 13.4 Å². The molecule has 0 aliphatic carbocycles. The van der Waals surface area contributed by atoms with Gasteiger partial charge in [-0.2, -0.15) is 0 Å². The van der Waals surface area contributed by atoms with Crippen LogP contribution in [0.25, 0.3) is 22.4 Å². The Morgan fingerprint density at radius 1 is 1.00 bits per heavy atom. The van der Waals surface area contributed by atoms with E-state index in [0.29, 0.717) is 0 Å². The van der Waals surface area contributed by atoms with E-state index in [2.05, 4.69) is 31.7 Å². The fraction of sp³-hybridized carbons (Fsp3) is 0.150. The molecule has 2 heterocycles. The third-order valence-electron chi connectivity index (χ3n) is 4.29. The van der Waals surface area contributed by atoms with Gasteiger partial charge in [-0.05, 0) is 36.2 Å². The second kappa shape index (κ2) is 6.36. The van der Waals surface area contributed by atoms with Crippen molar-refractivity contribution in [2.24, 2.45) is 0 Å². The molecule has 0 fully saturated rings. The molecule has 25 heavy (non-hydrogen) atoms. The Hall–Kier alpha value is -3.21. The summed E-state index contributed by atoms with van der Waals surface area (Å²) >= 11 is 0. The molecule has 0 saturated heterocycles. The third-order valence-corrected chi connectivity index (χ3v) is 4.29. The molecule has 4 rings (SSSR count). The van der Waals surface area contributed by atoms with Gasteiger partial charge < -0.3 is 9.30 Å². The highest BCUT2D eigenvalue weighted by Gasteiger charge is 2.14. The van der Waals surface area contributed by atoms with Gasteiger partial charge in [0.2, 0.25) is 0 Å². The van der Waals surface area contributed by atoms with Crippen molar-refractivity contribution in [2.45, 2.75) is 13.5 Å². The lowest BCUT2D eigenvalue weighted by atomic mass is 10.0. The van der Waals surface area contributed by atoms with Crippen LogP contribution >= 0.6 is 0 Å². The van der Waals surface area contributed by atoms with Crippen LogP contribution in [0.5, 0.6) is 5.75 Å². The van der Waals surface area contributed by atoms with Crippen molar-refractivity contribution in [1.29, 1.82) is 0 Å². The van der Waals surface area contributed by atoms with Crippen molar-refractivity contribution < 1.29 is 4.74 Å². The lowest BCUT2D eigenvalue weighted by molar-refractivity contribution is 0.414. The van der Waals surface area contributed by atoms with Gasteiger partial charge in [0.25, 0.3) is 0 Å². The first-order valence-corrected chi connectivity index (χ1v) is 8.11. The van der Waals surface area contributed by atoms with Crippen LogP contribution in [0.1, 0.15) is 11.1 Å². The summed E-state index contributed by atoms with van der Waals surface area (Å²) < 4.78 is 7.34. The van der Waals surface area contributed by atoms with Gasteiger partial charge in [0.15, 0.2) is 5.65 Å². The van der Waals surface area contributed by atoms with E-state index in [1.807, 2.05) is 49.6 Å². The number of imidazole rings is 1. The Balaban J connectivity index is 1.79. The number of benzene rings is 2. The summed E-state index contributed by atoms with van der Waals surface area (Å²) in [6, 6.07) is 16.3. The molecule has 2 aromatic carbocycles. The molecule has 2 aromatic heterocycles. The van der Waals surface area contributed by atoms with Gasteiger partial charge in [-0.25, -0.2) is 15.0 Å². The average molecular weight is 330 g/mol. The topological polar surface area (TPSA) is 52.8 Å². The van der Waals surface area contributed by atoms with Crippen molar-refractivity contribution in [3.05, 3.63) is 72.3 Å². The monoisotopic (exact) mass is 330 g/mol. The quantitative estimate of drug-likeness (QED) is 0.570. The maximum Gasteiger partial charge on any atom is 0.164 e. The zero-order valence-corrected chi connectivity index (χ0v) is 14.2. The van der Waals surface area contributed by atoms with E-state index in [4.69, 9.17) is 4.74 Å². The Morgan fingerprint density at radius 3 is 2.60 bits per heavy atom. The highest BCUT2D eigenvalue weighted by molar-refractivity contribution is 5.88. The number of nitrogens with zero attached hydrogens (tertiary/aromatic N) is 4. The molecule has 0 unspecified atom stereocenters. The molecule has 0 aliphatic rings. The maximum atomic E-state index is 5.29. The summed E-state index contributed by atoms with van der Waals surface area (Å²) in [5, 5.41) is 0. The predicted octanol–water partition coefficient (Wildman–Crippen LogP) is 3.86. The summed E-state index contributed by atoms with van der Waals surface area (Å²) in [4.78, 5) is 13.5. The van der Waals surface area contributed by atoms with Crippen molar-refractivity contribution in [3.63, 3.8) is 0 Å². The molecular weight excluding hydrogens is 312 g/mol. The SMILES string of the molecule is COc1ccc(-c2ncnc3c2ncn3Cc2ccccc2)c(C)c1. The van der Waals surface area contributed by atoms with Gasteiger partial charge in [-0.3, -0.25) is 0 Å². The fourth-order valence-electron chi connectivity index (χ4n) is 3.00. The van der Waals surface area contributed by atoms with E-state index in [1.165, 1.54) is 5.56 Å². The van der Waals surface area contributed by atoms with Crippen LogP contribution in [0.3, 0.4) is 0 Å². The third kappa shape index (κ3) is 2.85. The Bertz CT molecular complexity index is 1020. The van der Waals surface area contributed by atoms with Gasteiger partial charge in [-0.1, -0.05) is 30.3 Å². The Kier molecular flexibility index (Phi) is 3.90. The minimum Gasteiger partial charge on any atom is -0.497 e. The number of hydrogen-bond donors (Lipinski definition) is 0. The van der Waals surface area contributed by atoms with Gasteiger partial charge in [0.1, 0.15) is 23.3 Å². The molecular formula is C20H18N4O. The molecule has 124 valence electrons. The van der Waals surface area contributed by atoms with Gasteiger partial charge in [-0.15, -0.1) is 0 Å². The second-order valence-corrected chi connectivity index (χ2v) is 5.93. The van der Waals surface area contributed by atoms with Crippen molar-refractivity contribution in [1.82, 2.24) is 19.5 Å². The number of aromatic nitrogens is 4. The largest absolute Gasteiger partial charge is 0.497 e. The minimum atomic E-state index is 0.732. The second-order valence-electron chi connectivity index (χ2n) is 5.93. The molecule has 0 aliphatic heterocycles. The van der Waals surface area contributed by atoms with Crippen LogP contribution < -0.4 is 4.74 Å². The highest BCUT2D eigenvalue weighted by Crippen LogP contribution is 2.29. The number of ether oxygens (including phenoxy) is 1. The molecule has 0 spiro atoms. The van der Waals surface area contributed by atoms with Gasteiger partial charge in [0, 0.05) is 5.56 Å². The van der Waals surface area contributed by atoms with E-state index >= 15 is 0 Å². The molecule has 0 bridgehead atoms. The highest BCUT2D eigenvalue weighted by atomic mass is 16.5. The van der Waals surface area contributed by atoms with E-state index < -0.39 is 0 Å². The van der Waals surface area contributed by atoms with Crippen molar-refractivity contribution in [3.8, 4) is 17.0 Å². The van der Waals surface area contributed by atoms with Gasteiger partial charge >= 0.3 is 0 Å². The standard InChI is InChI=1S/C20H18N4O/c1-14-10-16(25-2)8-9-17(14)18-19-20(22-12-21-18)24(13-23-19)11-15-6-4-3-5-7-15/h3-10,12-13H,11H2,1-2H3. The van der Waals surface area contributed by atoms with Crippen LogP contribution in [0.4, 0.5) is 0 Å².